The summed E-state index contributed by atoms with van der Waals surface area (Å²) in [5, 5.41) is 0. The molecular formula is C9H10Br. The van der Waals surface area contributed by atoms with Gasteiger partial charge in [0.1, 0.15) is 0 Å². The maximum absolute atomic E-state index is 3.92. The van der Waals surface area contributed by atoms with E-state index in [1.807, 2.05) is 18.2 Å². The predicted octanol–water partition coefficient (Wildman–Crippen LogP) is 3.19. The molecule has 0 saturated heterocycles. The van der Waals surface area contributed by atoms with E-state index in [2.05, 4.69) is 29.8 Å². The molecule has 0 nitrogen and oxygen atoms in total. The van der Waals surface area contributed by atoms with Crippen LogP contribution in [0.5, 0.6) is 0 Å². The topological polar surface area (TPSA) is 0 Å². The summed E-state index contributed by atoms with van der Waals surface area (Å²) < 4.78 is 1.17. The van der Waals surface area contributed by atoms with Crippen molar-refractivity contribution in [2.45, 2.75) is 13.3 Å². The largest absolute Gasteiger partial charge is 0.0612 e. The van der Waals surface area contributed by atoms with Crippen molar-refractivity contribution in [3.8, 4) is 0 Å². The number of halogens is 1. The molecule has 0 bridgehead atoms. The van der Waals surface area contributed by atoms with Gasteiger partial charge in [-0.2, -0.15) is 0 Å². The molecule has 0 heterocycles. The first-order valence-electron chi connectivity index (χ1n) is 3.35. The Labute approximate surface area is 70.4 Å². The predicted molar refractivity (Wildman–Crippen MR) is 48.0 cm³/mol. The van der Waals surface area contributed by atoms with E-state index >= 15 is 0 Å². The second kappa shape index (κ2) is 3.20. The quantitative estimate of drug-likeness (QED) is 0.649. The fourth-order valence-electron chi connectivity index (χ4n) is 0.999. The van der Waals surface area contributed by atoms with E-state index < -0.39 is 0 Å². The van der Waals surface area contributed by atoms with Crippen molar-refractivity contribution >= 4 is 15.9 Å². The van der Waals surface area contributed by atoms with Gasteiger partial charge in [-0.1, -0.05) is 35.0 Å². The molecule has 0 aliphatic rings. The van der Waals surface area contributed by atoms with Gasteiger partial charge in [-0.15, -0.1) is 0 Å². The highest BCUT2D eigenvalue weighted by molar-refractivity contribution is 9.10. The lowest BCUT2D eigenvalue weighted by Gasteiger charge is -2.03. The Bertz CT molecular complexity index is 208. The summed E-state index contributed by atoms with van der Waals surface area (Å²) in [6, 6.07) is 6.09. The second-order valence-electron chi connectivity index (χ2n) is 2.23. The second-order valence-corrected chi connectivity index (χ2v) is 3.09. The van der Waals surface area contributed by atoms with E-state index in [0.29, 0.717) is 0 Å². The third-order valence-corrected chi connectivity index (χ3v) is 2.31. The molecule has 1 radical (unpaired) electrons. The molecule has 10 heavy (non-hydrogen) atoms. The number of hydrogen-bond acceptors (Lipinski definition) is 0. The Morgan fingerprint density at radius 1 is 1.50 bits per heavy atom. The van der Waals surface area contributed by atoms with Gasteiger partial charge in [0.15, 0.2) is 0 Å². The average Bonchev–Trinajstić information content (AvgIpc) is 1.88. The summed E-state index contributed by atoms with van der Waals surface area (Å²) in [4.78, 5) is 0. The molecule has 0 unspecified atom stereocenters. The van der Waals surface area contributed by atoms with Crippen molar-refractivity contribution in [2.24, 2.45) is 0 Å². The number of hydrogen-bond donors (Lipinski definition) is 0. The van der Waals surface area contributed by atoms with Gasteiger partial charge in [0.25, 0.3) is 0 Å². The highest BCUT2D eigenvalue weighted by Crippen LogP contribution is 2.19. The zero-order valence-electron chi connectivity index (χ0n) is 6.02. The van der Waals surface area contributed by atoms with Crippen LogP contribution >= 0.6 is 15.9 Å². The van der Waals surface area contributed by atoms with E-state index in [4.69, 9.17) is 0 Å². The summed E-state index contributed by atoms with van der Waals surface area (Å²) in [6.45, 7) is 6.06. The van der Waals surface area contributed by atoms with Gasteiger partial charge < -0.3 is 0 Å². The first kappa shape index (κ1) is 7.80. The highest BCUT2D eigenvalue weighted by atomic mass is 79.9. The molecule has 53 valence electrons. The van der Waals surface area contributed by atoms with Crippen LogP contribution in [0.2, 0.25) is 0 Å². The van der Waals surface area contributed by atoms with Crippen LogP contribution in [0.15, 0.2) is 22.7 Å². The van der Waals surface area contributed by atoms with Crippen LogP contribution < -0.4 is 0 Å². The van der Waals surface area contributed by atoms with Crippen molar-refractivity contribution in [1.29, 1.82) is 0 Å². The zero-order valence-corrected chi connectivity index (χ0v) is 7.61. The van der Waals surface area contributed by atoms with Crippen LogP contribution in [0.1, 0.15) is 18.1 Å². The fourth-order valence-corrected chi connectivity index (χ4v) is 1.69. The van der Waals surface area contributed by atoms with Gasteiger partial charge in [0.2, 0.25) is 0 Å². The summed E-state index contributed by atoms with van der Waals surface area (Å²) in [7, 11) is 0. The molecule has 0 aliphatic carbocycles. The Kier molecular flexibility index (Phi) is 2.50. The molecule has 0 spiro atoms. The van der Waals surface area contributed by atoms with Crippen molar-refractivity contribution < 1.29 is 0 Å². The molecule has 0 aliphatic heterocycles. The SMILES string of the molecule is [CH2]c1cccc(Br)c1CC. The van der Waals surface area contributed by atoms with Gasteiger partial charge >= 0.3 is 0 Å². The average molecular weight is 198 g/mol. The van der Waals surface area contributed by atoms with Gasteiger partial charge in [0, 0.05) is 4.47 Å². The van der Waals surface area contributed by atoms with Crippen molar-refractivity contribution in [3.05, 3.63) is 40.7 Å². The van der Waals surface area contributed by atoms with Crippen molar-refractivity contribution in [1.82, 2.24) is 0 Å². The lowest BCUT2D eigenvalue weighted by atomic mass is 10.1. The molecule has 0 atom stereocenters. The number of benzene rings is 1. The minimum atomic E-state index is 1.04. The van der Waals surface area contributed by atoms with Gasteiger partial charge in [0.05, 0.1) is 0 Å². The maximum Gasteiger partial charge on any atom is 0.0209 e. The molecule has 0 amide bonds. The monoisotopic (exact) mass is 197 g/mol. The minimum absolute atomic E-state index is 1.04. The first-order valence-corrected chi connectivity index (χ1v) is 4.14. The molecule has 1 aromatic carbocycles. The first-order chi connectivity index (χ1) is 4.75. The summed E-state index contributed by atoms with van der Waals surface area (Å²) in [6.07, 6.45) is 1.04. The lowest BCUT2D eigenvalue weighted by molar-refractivity contribution is 1.11. The summed E-state index contributed by atoms with van der Waals surface area (Å²) in [5.74, 6) is 0. The Balaban J connectivity index is 3.17. The lowest BCUT2D eigenvalue weighted by Crippen LogP contribution is -1.86. The standard InChI is InChI=1S/C9H10Br/c1-3-8-7(2)5-4-6-9(8)10/h4-6H,2-3H2,1H3. The van der Waals surface area contributed by atoms with Crippen LogP contribution in [0.4, 0.5) is 0 Å². The molecule has 1 aromatic rings. The molecule has 0 N–H and O–H groups in total. The Hall–Kier alpha value is -0.300. The van der Waals surface area contributed by atoms with Gasteiger partial charge in [-0.25, -0.2) is 0 Å². The van der Waals surface area contributed by atoms with Crippen LogP contribution in [0.3, 0.4) is 0 Å². The fraction of sp³-hybridized carbons (Fsp3) is 0.222. The molecule has 0 fully saturated rings. The van der Waals surface area contributed by atoms with Crippen LogP contribution in [-0.4, -0.2) is 0 Å². The van der Waals surface area contributed by atoms with Crippen LogP contribution in [0, 0.1) is 6.92 Å². The summed E-state index contributed by atoms with van der Waals surface area (Å²) in [5.41, 5.74) is 2.43. The van der Waals surface area contributed by atoms with E-state index in [0.717, 1.165) is 12.0 Å². The third kappa shape index (κ3) is 1.40. The van der Waals surface area contributed by atoms with Crippen LogP contribution in [-0.2, 0) is 6.42 Å². The van der Waals surface area contributed by atoms with E-state index in [1.165, 1.54) is 10.0 Å². The smallest absolute Gasteiger partial charge is 0.0209 e. The maximum atomic E-state index is 3.92. The van der Waals surface area contributed by atoms with Crippen LogP contribution in [0.25, 0.3) is 0 Å². The highest BCUT2D eigenvalue weighted by Gasteiger charge is 1.98. The van der Waals surface area contributed by atoms with E-state index in [9.17, 15) is 0 Å². The van der Waals surface area contributed by atoms with Crippen molar-refractivity contribution in [3.63, 3.8) is 0 Å². The number of rotatable bonds is 1. The minimum Gasteiger partial charge on any atom is -0.0612 e. The zero-order chi connectivity index (χ0) is 7.56. The van der Waals surface area contributed by atoms with Gasteiger partial charge in [-0.05, 0) is 30.5 Å². The Morgan fingerprint density at radius 3 is 2.60 bits per heavy atom. The van der Waals surface area contributed by atoms with Gasteiger partial charge in [-0.3, -0.25) is 0 Å². The third-order valence-electron chi connectivity index (χ3n) is 1.57. The normalized spacial score (nSPS) is 9.90. The van der Waals surface area contributed by atoms with E-state index in [1.54, 1.807) is 0 Å². The molecular weight excluding hydrogens is 188 g/mol. The van der Waals surface area contributed by atoms with E-state index in [-0.39, 0.29) is 0 Å². The molecule has 1 heteroatoms. The Morgan fingerprint density at radius 2 is 2.20 bits per heavy atom. The molecule has 0 saturated carbocycles. The summed E-state index contributed by atoms with van der Waals surface area (Å²) >= 11 is 3.47. The molecule has 1 rings (SSSR count). The van der Waals surface area contributed by atoms with Crippen molar-refractivity contribution in [2.75, 3.05) is 0 Å². The molecule has 0 aromatic heterocycles.